The molecule has 1 aliphatic rings. The highest BCUT2D eigenvalue weighted by Gasteiger charge is 2.38. The average molecular weight is 309 g/mol. The van der Waals surface area contributed by atoms with Gasteiger partial charge in [0.2, 0.25) is 10.0 Å². The highest BCUT2D eigenvalue weighted by molar-refractivity contribution is 7.89. The molecule has 112 valence electrons. The van der Waals surface area contributed by atoms with Crippen LogP contribution in [0.25, 0.3) is 0 Å². The summed E-state index contributed by atoms with van der Waals surface area (Å²) >= 11 is 0. The summed E-state index contributed by atoms with van der Waals surface area (Å²) in [5.41, 5.74) is -0.965. The lowest BCUT2D eigenvalue weighted by atomic mass is 10.1. The Kier molecular flexibility index (Phi) is 4.08. The van der Waals surface area contributed by atoms with Gasteiger partial charge in [0.15, 0.2) is 0 Å². The number of nitrogens with zero attached hydrogens (tertiary/aromatic N) is 1. The maximum absolute atomic E-state index is 12.6. The monoisotopic (exact) mass is 309 g/mol. The molecule has 0 atom stereocenters. The number of rotatable bonds is 4. The predicted molar refractivity (Wildman–Crippen MR) is 65.6 cm³/mol. The number of ether oxygens (including phenoxy) is 1. The fourth-order valence-electron chi connectivity index (χ4n) is 2.04. The van der Waals surface area contributed by atoms with E-state index in [9.17, 15) is 21.6 Å². The van der Waals surface area contributed by atoms with E-state index in [1.165, 1.54) is 13.2 Å². The van der Waals surface area contributed by atoms with Gasteiger partial charge in [0.05, 0.1) is 17.1 Å². The Morgan fingerprint density at radius 2 is 2.00 bits per heavy atom. The zero-order valence-corrected chi connectivity index (χ0v) is 11.5. The predicted octanol–water partition coefficient (Wildman–Crippen LogP) is 1.97. The second kappa shape index (κ2) is 5.34. The Labute approximate surface area is 115 Å². The van der Waals surface area contributed by atoms with Gasteiger partial charge in [0, 0.05) is 26.1 Å². The van der Waals surface area contributed by atoms with E-state index in [0.29, 0.717) is 12.7 Å². The van der Waals surface area contributed by atoms with Gasteiger partial charge in [-0.1, -0.05) is 6.07 Å². The van der Waals surface area contributed by atoms with E-state index in [4.69, 9.17) is 4.74 Å². The zero-order valence-electron chi connectivity index (χ0n) is 10.7. The lowest BCUT2D eigenvalue weighted by Crippen LogP contribution is -2.51. The highest BCUT2D eigenvalue weighted by atomic mass is 32.2. The standard InChI is InChI=1S/C12H14F3NO3S/c1-19-8-9-6-16(7-9)20(17,18)11-4-2-3-10(5-11)12(13,14)15/h2-5,9H,6-8H2,1H3. The number of benzene rings is 1. The molecule has 8 heteroatoms. The fourth-order valence-corrected chi connectivity index (χ4v) is 3.68. The number of alkyl halides is 3. The van der Waals surface area contributed by atoms with Gasteiger partial charge in [0.1, 0.15) is 0 Å². The molecule has 1 aromatic rings. The number of hydrogen-bond donors (Lipinski definition) is 0. The van der Waals surface area contributed by atoms with Crippen molar-refractivity contribution in [2.45, 2.75) is 11.1 Å². The van der Waals surface area contributed by atoms with Gasteiger partial charge in [-0.25, -0.2) is 8.42 Å². The van der Waals surface area contributed by atoms with Gasteiger partial charge in [-0.05, 0) is 18.2 Å². The van der Waals surface area contributed by atoms with Crippen molar-refractivity contribution in [1.29, 1.82) is 0 Å². The number of halogens is 3. The molecule has 0 bridgehead atoms. The first-order valence-electron chi connectivity index (χ1n) is 5.91. The smallest absolute Gasteiger partial charge is 0.384 e. The van der Waals surface area contributed by atoms with E-state index in [2.05, 4.69) is 0 Å². The zero-order chi connectivity index (χ0) is 15.0. The molecule has 1 heterocycles. The minimum atomic E-state index is -4.56. The summed E-state index contributed by atoms with van der Waals surface area (Å²) in [4.78, 5) is -0.330. The molecule has 0 spiro atoms. The number of methoxy groups -OCH3 is 1. The van der Waals surface area contributed by atoms with Crippen molar-refractivity contribution in [1.82, 2.24) is 4.31 Å². The molecule has 0 unspecified atom stereocenters. The normalized spacial score (nSPS) is 18.0. The van der Waals surface area contributed by atoms with E-state index in [-0.39, 0.29) is 23.9 Å². The second-order valence-electron chi connectivity index (χ2n) is 4.67. The summed E-state index contributed by atoms with van der Waals surface area (Å²) in [6, 6.07) is 3.79. The van der Waals surface area contributed by atoms with Crippen LogP contribution in [-0.2, 0) is 20.9 Å². The molecule has 1 fully saturated rings. The summed E-state index contributed by atoms with van der Waals surface area (Å²) in [5, 5.41) is 0. The second-order valence-corrected chi connectivity index (χ2v) is 6.61. The van der Waals surface area contributed by atoms with Crippen molar-refractivity contribution < 1.29 is 26.3 Å². The molecule has 0 aliphatic carbocycles. The Hall–Kier alpha value is -1.12. The lowest BCUT2D eigenvalue weighted by molar-refractivity contribution is -0.137. The van der Waals surface area contributed by atoms with Gasteiger partial charge >= 0.3 is 6.18 Å². The third kappa shape index (κ3) is 2.97. The molecule has 0 aromatic heterocycles. The van der Waals surface area contributed by atoms with Crippen molar-refractivity contribution >= 4 is 10.0 Å². The summed E-state index contributed by atoms with van der Waals surface area (Å²) in [5.74, 6) is 0.0978. The molecule has 1 saturated heterocycles. The topological polar surface area (TPSA) is 46.6 Å². The Morgan fingerprint density at radius 3 is 2.55 bits per heavy atom. The molecule has 1 aliphatic heterocycles. The van der Waals surface area contributed by atoms with Gasteiger partial charge in [0.25, 0.3) is 0 Å². The quantitative estimate of drug-likeness (QED) is 0.854. The molecule has 20 heavy (non-hydrogen) atoms. The molecule has 0 N–H and O–H groups in total. The lowest BCUT2D eigenvalue weighted by Gasteiger charge is -2.37. The van der Waals surface area contributed by atoms with Crippen LogP contribution >= 0.6 is 0 Å². The summed E-state index contributed by atoms with van der Waals surface area (Å²) < 4.78 is 68.2. The molecule has 4 nitrogen and oxygen atoms in total. The van der Waals surface area contributed by atoms with Crippen LogP contribution < -0.4 is 0 Å². The van der Waals surface area contributed by atoms with Crippen molar-refractivity contribution in [2.75, 3.05) is 26.8 Å². The Balaban J connectivity index is 2.19. The molecule has 0 amide bonds. The minimum absolute atomic E-state index is 0.0978. The number of hydrogen-bond acceptors (Lipinski definition) is 3. The van der Waals surface area contributed by atoms with E-state index in [0.717, 1.165) is 16.4 Å². The van der Waals surface area contributed by atoms with E-state index in [1.807, 2.05) is 0 Å². The largest absolute Gasteiger partial charge is 0.416 e. The SMILES string of the molecule is COCC1CN(S(=O)(=O)c2cccc(C(F)(F)F)c2)C1. The summed E-state index contributed by atoms with van der Waals surface area (Å²) in [7, 11) is -2.34. The van der Waals surface area contributed by atoms with Crippen molar-refractivity contribution in [2.24, 2.45) is 5.92 Å². The van der Waals surface area contributed by atoms with E-state index in [1.54, 1.807) is 0 Å². The van der Waals surface area contributed by atoms with Crippen LogP contribution in [0.3, 0.4) is 0 Å². The van der Waals surface area contributed by atoms with Crippen LogP contribution in [0.5, 0.6) is 0 Å². The molecule has 0 radical (unpaired) electrons. The Bertz CT molecular complexity index is 580. The third-order valence-corrected chi connectivity index (χ3v) is 4.95. The van der Waals surface area contributed by atoms with Crippen LogP contribution in [0.1, 0.15) is 5.56 Å². The van der Waals surface area contributed by atoms with Crippen LogP contribution in [0.4, 0.5) is 13.2 Å². The van der Waals surface area contributed by atoms with Gasteiger partial charge < -0.3 is 4.74 Å². The first kappa shape index (κ1) is 15.3. The van der Waals surface area contributed by atoms with Crippen LogP contribution in [0.2, 0.25) is 0 Å². The van der Waals surface area contributed by atoms with Crippen molar-refractivity contribution in [3.8, 4) is 0 Å². The van der Waals surface area contributed by atoms with E-state index < -0.39 is 21.8 Å². The number of sulfonamides is 1. The molecular weight excluding hydrogens is 295 g/mol. The maximum atomic E-state index is 12.6. The average Bonchev–Trinajstić information content (AvgIpc) is 2.32. The summed E-state index contributed by atoms with van der Waals surface area (Å²) in [6.45, 7) is 0.980. The first-order chi connectivity index (χ1) is 9.25. The Morgan fingerprint density at radius 1 is 1.35 bits per heavy atom. The van der Waals surface area contributed by atoms with Crippen molar-refractivity contribution in [3.63, 3.8) is 0 Å². The molecule has 0 saturated carbocycles. The fraction of sp³-hybridized carbons (Fsp3) is 0.500. The highest BCUT2D eigenvalue weighted by Crippen LogP contribution is 2.32. The molecular formula is C12H14F3NO3S. The molecule has 1 aromatic carbocycles. The first-order valence-corrected chi connectivity index (χ1v) is 7.35. The van der Waals surface area contributed by atoms with Crippen LogP contribution in [0.15, 0.2) is 29.2 Å². The van der Waals surface area contributed by atoms with Gasteiger partial charge in [-0.2, -0.15) is 17.5 Å². The van der Waals surface area contributed by atoms with Gasteiger partial charge in [-0.15, -0.1) is 0 Å². The minimum Gasteiger partial charge on any atom is -0.384 e. The van der Waals surface area contributed by atoms with Crippen molar-refractivity contribution in [3.05, 3.63) is 29.8 Å². The third-order valence-electron chi connectivity index (χ3n) is 3.13. The van der Waals surface area contributed by atoms with Gasteiger partial charge in [-0.3, -0.25) is 0 Å². The van der Waals surface area contributed by atoms with Crippen LogP contribution in [-0.4, -0.2) is 39.5 Å². The maximum Gasteiger partial charge on any atom is 0.416 e. The molecule has 2 rings (SSSR count). The summed E-state index contributed by atoms with van der Waals surface area (Å²) in [6.07, 6.45) is -4.56. The van der Waals surface area contributed by atoms with Crippen LogP contribution in [0, 0.1) is 5.92 Å². The van der Waals surface area contributed by atoms with E-state index >= 15 is 0 Å².